The van der Waals surface area contributed by atoms with Gasteiger partial charge in [-0.1, -0.05) is 12.1 Å². The average Bonchev–Trinajstić information content (AvgIpc) is 2.90. The van der Waals surface area contributed by atoms with Crippen LogP contribution in [-0.2, 0) is 25.6 Å². The highest BCUT2D eigenvalue weighted by molar-refractivity contribution is 6.25. The minimum absolute atomic E-state index is 0.00770. The molecular formula is C31H36N4O8. The van der Waals surface area contributed by atoms with Gasteiger partial charge in [0.05, 0.1) is 11.7 Å². The SMILES string of the molecule is CC(=O)Nc1cccc(-c2cc(N(C)C)c3c(c2O)C(O)=C2C(=O)[C@@]4(O)C(=O)C(C(N)=O)C(O)[C@H](N(C)C)[C@H]4C[C@H]2C3)c1. The van der Waals surface area contributed by atoms with Crippen molar-refractivity contribution < 1.29 is 39.6 Å². The zero-order valence-electron chi connectivity index (χ0n) is 24.6. The molecule has 2 fully saturated rings. The van der Waals surface area contributed by atoms with Gasteiger partial charge in [-0.3, -0.25) is 19.2 Å². The Hall–Kier alpha value is -4.26. The average molecular weight is 593 g/mol. The molecule has 6 atom stereocenters. The first kappa shape index (κ1) is 30.2. The molecule has 7 N–H and O–H groups in total. The van der Waals surface area contributed by atoms with Gasteiger partial charge in [0.1, 0.15) is 17.4 Å². The number of nitrogens with two attached hydrogens (primary N) is 1. The number of rotatable bonds is 5. The maximum atomic E-state index is 14.1. The second-order valence-electron chi connectivity index (χ2n) is 12.1. The van der Waals surface area contributed by atoms with Crippen LogP contribution in [0.15, 0.2) is 35.9 Å². The Morgan fingerprint density at radius 1 is 1.09 bits per heavy atom. The van der Waals surface area contributed by atoms with E-state index in [0.29, 0.717) is 28.1 Å². The summed E-state index contributed by atoms with van der Waals surface area (Å²) < 4.78 is 0. The standard InChI is InChI=1S/C31H36N4O8/c1-13(36)33-16-8-6-7-14(9-16)17-12-20(34(2)3)18-10-15-11-19-24(35(4)5)27(39)23(30(32)42)29(41)31(19,43)28(40)21(15)26(38)22(18)25(17)37/h6-9,12,15,19,23-24,27,37-39,43H,10-11H2,1-5H3,(H2,32,42)(H,33,36)/t15-,19-,23?,24-,27?,31-/m1/s1. The van der Waals surface area contributed by atoms with E-state index >= 15 is 0 Å². The van der Waals surface area contributed by atoms with Crippen LogP contribution in [-0.4, -0.2) is 94.6 Å². The lowest BCUT2D eigenvalue weighted by Gasteiger charge is -2.53. The molecule has 12 nitrogen and oxygen atoms in total. The van der Waals surface area contributed by atoms with Gasteiger partial charge in [-0.25, -0.2) is 0 Å². The molecule has 0 spiro atoms. The molecule has 0 radical (unpaired) electrons. The van der Waals surface area contributed by atoms with Crippen molar-refractivity contribution in [2.24, 2.45) is 23.5 Å². The number of amides is 2. The highest BCUT2D eigenvalue weighted by atomic mass is 16.3. The molecule has 0 aliphatic heterocycles. The van der Waals surface area contributed by atoms with Crippen molar-refractivity contribution in [1.29, 1.82) is 0 Å². The fourth-order valence-corrected chi connectivity index (χ4v) is 7.24. The number of aliphatic hydroxyl groups excluding tert-OH is 2. The van der Waals surface area contributed by atoms with E-state index in [-0.39, 0.29) is 35.6 Å². The number of carbonyl (C=O) groups is 4. The van der Waals surface area contributed by atoms with Gasteiger partial charge in [0, 0.05) is 55.5 Å². The number of likely N-dealkylation sites (N-methyl/N-ethyl adjacent to an activating group) is 1. The van der Waals surface area contributed by atoms with Gasteiger partial charge in [0.25, 0.3) is 0 Å². The fraction of sp³-hybridized carbons (Fsp3) is 0.419. The van der Waals surface area contributed by atoms with Crippen LogP contribution in [0.1, 0.15) is 24.5 Å². The van der Waals surface area contributed by atoms with E-state index in [9.17, 15) is 39.6 Å². The number of carbonyl (C=O) groups excluding carboxylic acids is 4. The molecule has 228 valence electrons. The van der Waals surface area contributed by atoms with E-state index in [1.54, 1.807) is 63.4 Å². The summed E-state index contributed by atoms with van der Waals surface area (Å²) in [4.78, 5) is 55.0. The van der Waals surface area contributed by atoms with E-state index in [1.807, 2.05) is 4.90 Å². The molecule has 5 rings (SSSR count). The number of nitrogens with zero attached hydrogens (tertiary/aromatic N) is 2. The molecule has 2 amide bonds. The van der Waals surface area contributed by atoms with Crippen molar-refractivity contribution in [3.63, 3.8) is 0 Å². The van der Waals surface area contributed by atoms with E-state index in [4.69, 9.17) is 5.73 Å². The van der Waals surface area contributed by atoms with Gasteiger partial charge in [-0.15, -0.1) is 0 Å². The Balaban J connectivity index is 1.72. The van der Waals surface area contributed by atoms with Crippen molar-refractivity contribution >= 4 is 40.5 Å². The molecule has 2 saturated carbocycles. The maximum absolute atomic E-state index is 14.1. The summed E-state index contributed by atoms with van der Waals surface area (Å²) in [6, 6.07) is 7.56. The number of benzene rings is 2. The maximum Gasteiger partial charge on any atom is 0.230 e. The predicted octanol–water partition coefficient (Wildman–Crippen LogP) is 0.820. The first-order valence-corrected chi connectivity index (χ1v) is 13.9. The monoisotopic (exact) mass is 592 g/mol. The number of nitrogens with one attached hydrogen (secondary N) is 1. The summed E-state index contributed by atoms with van der Waals surface area (Å²) in [5.74, 6) is -8.20. The molecule has 2 unspecified atom stereocenters. The van der Waals surface area contributed by atoms with Crippen molar-refractivity contribution in [3.05, 3.63) is 47.0 Å². The second-order valence-corrected chi connectivity index (χ2v) is 12.1. The first-order valence-electron chi connectivity index (χ1n) is 13.9. The van der Waals surface area contributed by atoms with Crippen molar-refractivity contribution in [2.45, 2.75) is 37.5 Å². The highest BCUT2D eigenvalue weighted by Crippen LogP contribution is 2.54. The Kier molecular flexibility index (Phi) is 7.36. The van der Waals surface area contributed by atoms with Crippen LogP contribution in [0.25, 0.3) is 16.9 Å². The molecule has 43 heavy (non-hydrogen) atoms. The molecule has 0 bridgehead atoms. The third-order valence-electron chi connectivity index (χ3n) is 9.04. The van der Waals surface area contributed by atoms with Gasteiger partial charge in [0.2, 0.25) is 17.6 Å². The quantitative estimate of drug-likeness (QED) is 0.271. The number of ketones is 2. The van der Waals surface area contributed by atoms with Crippen LogP contribution in [0.4, 0.5) is 11.4 Å². The third-order valence-corrected chi connectivity index (χ3v) is 9.04. The van der Waals surface area contributed by atoms with Crippen LogP contribution in [0.2, 0.25) is 0 Å². The summed E-state index contributed by atoms with van der Waals surface area (Å²) in [6.07, 6.45) is -1.33. The molecular weight excluding hydrogens is 556 g/mol. The third kappa shape index (κ3) is 4.48. The topological polar surface area (TPSA) is 194 Å². The summed E-state index contributed by atoms with van der Waals surface area (Å²) in [5.41, 5.74) is 5.05. The lowest BCUT2D eigenvalue weighted by atomic mass is 9.54. The molecule has 3 aliphatic rings. The molecule has 12 heteroatoms. The van der Waals surface area contributed by atoms with Gasteiger partial charge in [0.15, 0.2) is 11.4 Å². The van der Waals surface area contributed by atoms with Crippen molar-refractivity contribution in [3.8, 4) is 16.9 Å². The second kappa shape index (κ2) is 10.5. The number of phenols is 1. The Bertz CT molecular complexity index is 1600. The highest BCUT2D eigenvalue weighted by Gasteiger charge is 2.67. The Morgan fingerprint density at radius 2 is 1.77 bits per heavy atom. The van der Waals surface area contributed by atoms with Gasteiger partial charge < -0.3 is 41.3 Å². The molecule has 3 aliphatic carbocycles. The van der Waals surface area contributed by atoms with Crippen LogP contribution in [0.3, 0.4) is 0 Å². The van der Waals surface area contributed by atoms with E-state index < -0.39 is 58.7 Å². The molecule has 2 aromatic rings. The Morgan fingerprint density at radius 3 is 2.35 bits per heavy atom. The number of phenolic OH excluding ortho intramolecular Hbond substituents is 1. The van der Waals surface area contributed by atoms with E-state index in [0.717, 1.165) is 0 Å². The lowest BCUT2D eigenvalue weighted by Crippen LogP contribution is -2.73. The molecule has 0 aromatic heterocycles. The first-order chi connectivity index (χ1) is 20.1. The van der Waals surface area contributed by atoms with Crippen LogP contribution < -0.4 is 16.0 Å². The lowest BCUT2D eigenvalue weighted by molar-refractivity contribution is -0.184. The number of fused-ring (bicyclic) bond motifs is 3. The van der Waals surface area contributed by atoms with Crippen LogP contribution in [0, 0.1) is 17.8 Å². The number of anilines is 2. The summed E-state index contributed by atoms with van der Waals surface area (Å²) in [7, 11) is 6.81. The molecule has 0 saturated heterocycles. The van der Waals surface area contributed by atoms with Crippen LogP contribution >= 0.6 is 0 Å². The zero-order valence-corrected chi connectivity index (χ0v) is 24.6. The zero-order chi connectivity index (χ0) is 31.7. The summed E-state index contributed by atoms with van der Waals surface area (Å²) in [6.45, 7) is 1.37. The van der Waals surface area contributed by atoms with Crippen molar-refractivity contribution in [2.75, 3.05) is 38.4 Å². The minimum Gasteiger partial charge on any atom is -0.507 e. The largest absolute Gasteiger partial charge is 0.507 e. The van der Waals surface area contributed by atoms with Crippen LogP contribution in [0.5, 0.6) is 5.75 Å². The number of Topliss-reactive ketones (excluding diaryl/α,β-unsaturated/α-hetero) is 2. The fourth-order valence-electron chi connectivity index (χ4n) is 7.24. The van der Waals surface area contributed by atoms with Gasteiger partial charge in [-0.05, 0) is 62.2 Å². The van der Waals surface area contributed by atoms with Gasteiger partial charge in [-0.2, -0.15) is 0 Å². The van der Waals surface area contributed by atoms with Crippen molar-refractivity contribution in [1.82, 2.24) is 4.90 Å². The number of hydrogen-bond donors (Lipinski definition) is 6. The normalized spacial score (nSPS) is 28.2. The van der Waals surface area contributed by atoms with Gasteiger partial charge >= 0.3 is 0 Å². The summed E-state index contributed by atoms with van der Waals surface area (Å²) >= 11 is 0. The number of aliphatic hydroxyl groups is 3. The smallest absolute Gasteiger partial charge is 0.230 e. The minimum atomic E-state index is -2.73. The van der Waals surface area contributed by atoms with E-state index in [1.165, 1.54) is 6.92 Å². The molecule has 0 heterocycles. The number of aromatic hydroxyl groups is 1. The molecule has 2 aromatic carbocycles. The predicted molar refractivity (Wildman–Crippen MR) is 158 cm³/mol. The Labute approximate surface area is 248 Å². The number of hydrogen-bond acceptors (Lipinski definition) is 10. The number of primary amides is 1. The summed E-state index contributed by atoms with van der Waals surface area (Å²) in [5, 5.41) is 48.9. The van der Waals surface area contributed by atoms with E-state index in [2.05, 4.69) is 5.32 Å².